The molecule has 1 fully saturated rings. The normalized spacial score (nSPS) is 17.6. The van der Waals surface area contributed by atoms with E-state index in [9.17, 15) is 8.78 Å². The summed E-state index contributed by atoms with van der Waals surface area (Å²) < 4.78 is 26.5. The summed E-state index contributed by atoms with van der Waals surface area (Å²) in [7, 11) is 2.15. The van der Waals surface area contributed by atoms with Gasteiger partial charge in [0.15, 0.2) is 11.6 Å². The van der Waals surface area contributed by atoms with Crippen molar-refractivity contribution in [2.75, 3.05) is 39.8 Å². The molecule has 1 aliphatic heterocycles. The highest BCUT2D eigenvalue weighted by Gasteiger charge is 2.19. The van der Waals surface area contributed by atoms with Gasteiger partial charge in [0.2, 0.25) is 0 Å². The quantitative estimate of drug-likeness (QED) is 0.868. The number of halogens is 2. The molecule has 0 saturated carbocycles. The molecule has 2 aromatic rings. The van der Waals surface area contributed by atoms with Gasteiger partial charge in [-0.2, -0.15) is 0 Å². The minimum atomic E-state index is -0.805. The molecule has 1 N–H and O–H groups in total. The summed E-state index contributed by atoms with van der Waals surface area (Å²) in [6, 6.07) is 14.5. The zero-order chi connectivity index (χ0) is 17.6. The Morgan fingerprint density at radius 3 is 2.36 bits per heavy atom. The first-order valence-corrected chi connectivity index (χ1v) is 8.75. The molecule has 25 heavy (non-hydrogen) atoms. The van der Waals surface area contributed by atoms with Crippen LogP contribution in [0.1, 0.15) is 17.2 Å². The molecular formula is C20H25F2N3. The monoisotopic (exact) mass is 345 g/mol. The van der Waals surface area contributed by atoms with Crippen molar-refractivity contribution < 1.29 is 8.78 Å². The van der Waals surface area contributed by atoms with Gasteiger partial charge in [0.1, 0.15) is 0 Å². The van der Waals surface area contributed by atoms with E-state index in [1.807, 2.05) is 18.2 Å². The Kier molecular flexibility index (Phi) is 6.13. The molecule has 1 heterocycles. The fraction of sp³-hybridized carbons (Fsp3) is 0.400. The Balaban J connectivity index is 1.67. The predicted molar refractivity (Wildman–Crippen MR) is 96.3 cm³/mol. The van der Waals surface area contributed by atoms with Crippen molar-refractivity contribution >= 4 is 0 Å². The van der Waals surface area contributed by atoms with Crippen LogP contribution in [0.25, 0.3) is 0 Å². The second-order valence-corrected chi connectivity index (χ2v) is 6.70. The van der Waals surface area contributed by atoms with Crippen molar-refractivity contribution in [3.05, 3.63) is 71.3 Å². The number of nitrogens with one attached hydrogen (secondary N) is 1. The molecule has 1 atom stereocenters. The summed E-state index contributed by atoms with van der Waals surface area (Å²) in [6.45, 7) is 5.65. The Morgan fingerprint density at radius 1 is 0.960 bits per heavy atom. The van der Waals surface area contributed by atoms with E-state index in [4.69, 9.17) is 0 Å². The molecule has 0 radical (unpaired) electrons. The van der Waals surface area contributed by atoms with Crippen molar-refractivity contribution in [1.82, 2.24) is 15.1 Å². The van der Waals surface area contributed by atoms with Gasteiger partial charge in [-0.25, -0.2) is 8.78 Å². The lowest BCUT2D eigenvalue weighted by Crippen LogP contribution is -2.47. The van der Waals surface area contributed by atoms with Crippen LogP contribution < -0.4 is 5.32 Å². The maximum absolute atomic E-state index is 13.4. The van der Waals surface area contributed by atoms with Gasteiger partial charge in [-0.05, 0) is 30.3 Å². The zero-order valence-electron chi connectivity index (χ0n) is 14.6. The molecule has 5 heteroatoms. The third-order valence-corrected chi connectivity index (χ3v) is 4.78. The summed E-state index contributed by atoms with van der Waals surface area (Å²) in [4.78, 5) is 4.79. The van der Waals surface area contributed by atoms with Gasteiger partial charge in [-0.3, -0.25) is 4.90 Å². The van der Waals surface area contributed by atoms with Gasteiger partial charge in [-0.1, -0.05) is 36.4 Å². The van der Waals surface area contributed by atoms with Crippen molar-refractivity contribution in [1.29, 1.82) is 0 Å². The van der Waals surface area contributed by atoms with E-state index in [1.54, 1.807) is 6.07 Å². The lowest BCUT2D eigenvalue weighted by Gasteiger charge is -2.35. The fourth-order valence-electron chi connectivity index (χ4n) is 3.15. The Hall–Kier alpha value is -1.82. The maximum atomic E-state index is 13.4. The van der Waals surface area contributed by atoms with Crippen LogP contribution in [0.5, 0.6) is 0 Å². The van der Waals surface area contributed by atoms with Crippen molar-refractivity contribution in [2.45, 2.75) is 12.6 Å². The van der Waals surface area contributed by atoms with Gasteiger partial charge in [0.05, 0.1) is 0 Å². The molecule has 3 rings (SSSR count). The molecule has 0 aliphatic carbocycles. The van der Waals surface area contributed by atoms with E-state index in [1.165, 1.54) is 17.7 Å². The maximum Gasteiger partial charge on any atom is 0.159 e. The summed E-state index contributed by atoms with van der Waals surface area (Å²) in [5, 5.41) is 3.51. The molecule has 134 valence electrons. The topological polar surface area (TPSA) is 18.5 Å². The number of hydrogen-bond donors (Lipinski definition) is 1. The van der Waals surface area contributed by atoms with E-state index in [2.05, 4.69) is 34.3 Å². The van der Waals surface area contributed by atoms with Gasteiger partial charge >= 0.3 is 0 Å². The van der Waals surface area contributed by atoms with Crippen molar-refractivity contribution in [2.24, 2.45) is 0 Å². The average Bonchev–Trinajstić information content (AvgIpc) is 2.64. The average molecular weight is 345 g/mol. The third-order valence-electron chi connectivity index (χ3n) is 4.78. The summed E-state index contributed by atoms with van der Waals surface area (Å²) in [6.07, 6.45) is 0. The molecule has 3 nitrogen and oxygen atoms in total. The first-order valence-electron chi connectivity index (χ1n) is 8.75. The van der Waals surface area contributed by atoms with Crippen LogP contribution in [0.3, 0.4) is 0 Å². The largest absolute Gasteiger partial charge is 0.305 e. The van der Waals surface area contributed by atoms with Gasteiger partial charge in [0.25, 0.3) is 0 Å². The first-order chi connectivity index (χ1) is 12.1. The molecule has 1 unspecified atom stereocenters. The highest BCUT2D eigenvalue weighted by molar-refractivity contribution is 5.21. The summed E-state index contributed by atoms with van der Waals surface area (Å²) in [5.74, 6) is -1.60. The lowest BCUT2D eigenvalue weighted by molar-refractivity contribution is 0.142. The summed E-state index contributed by atoms with van der Waals surface area (Å²) >= 11 is 0. The van der Waals surface area contributed by atoms with E-state index in [0.29, 0.717) is 6.54 Å². The third kappa shape index (κ3) is 5.08. The minimum absolute atomic E-state index is 0.151. The van der Waals surface area contributed by atoms with Crippen LogP contribution in [0, 0.1) is 11.6 Å². The van der Waals surface area contributed by atoms with Crippen molar-refractivity contribution in [3.63, 3.8) is 0 Å². The second kappa shape index (κ2) is 8.52. The van der Waals surface area contributed by atoms with Crippen LogP contribution in [-0.4, -0.2) is 49.6 Å². The van der Waals surface area contributed by atoms with Gasteiger partial charge in [-0.15, -0.1) is 0 Å². The van der Waals surface area contributed by atoms with E-state index >= 15 is 0 Å². The van der Waals surface area contributed by atoms with E-state index in [-0.39, 0.29) is 6.04 Å². The van der Waals surface area contributed by atoms with E-state index in [0.717, 1.165) is 38.3 Å². The summed E-state index contributed by atoms with van der Waals surface area (Å²) in [5.41, 5.74) is 1.96. The van der Waals surface area contributed by atoms with Gasteiger partial charge in [0, 0.05) is 45.3 Å². The molecule has 0 aromatic heterocycles. The number of likely N-dealkylation sites (N-methyl/N-ethyl adjacent to an activating group) is 1. The number of nitrogens with zero attached hydrogens (tertiary/aromatic N) is 2. The number of benzene rings is 2. The van der Waals surface area contributed by atoms with Gasteiger partial charge < -0.3 is 10.2 Å². The molecule has 0 amide bonds. The SMILES string of the molecule is CN1CCN(CC(NCc2ccc(F)c(F)c2)c2ccccc2)CC1. The molecule has 0 bridgehead atoms. The predicted octanol–water partition coefficient (Wildman–Crippen LogP) is 3.04. The van der Waals surface area contributed by atoms with Crippen LogP contribution in [0.15, 0.2) is 48.5 Å². The zero-order valence-corrected chi connectivity index (χ0v) is 14.6. The number of hydrogen-bond acceptors (Lipinski definition) is 3. The molecular weight excluding hydrogens is 320 g/mol. The highest BCUT2D eigenvalue weighted by Crippen LogP contribution is 2.17. The second-order valence-electron chi connectivity index (χ2n) is 6.70. The lowest BCUT2D eigenvalue weighted by atomic mass is 10.1. The number of piperazine rings is 1. The molecule has 1 aliphatic rings. The molecule has 1 saturated heterocycles. The molecule has 0 spiro atoms. The highest BCUT2D eigenvalue weighted by atomic mass is 19.2. The Morgan fingerprint density at radius 2 is 1.68 bits per heavy atom. The van der Waals surface area contributed by atoms with Crippen LogP contribution in [0.2, 0.25) is 0 Å². The smallest absolute Gasteiger partial charge is 0.159 e. The Labute approximate surface area is 148 Å². The number of rotatable bonds is 6. The fourth-order valence-corrected chi connectivity index (χ4v) is 3.15. The standard InChI is InChI=1S/C20H25F2N3/c1-24-9-11-25(12-10-24)15-20(17-5-3-2-4-6-17)23-14-16-7-8-18(21)19(22)13-16/h2-8,13,20,23H,9-12,14-15H2,1H3. The van der Waals surface area contributed by atoms with Crippen LogP contribution >= 0.6 is 0 Å². The Bertz CT molecular complexity index is 670. The first kappa shape index (κ1) is 18.0. The van der Waals surface area contributed by atoms with Crippen molar-refractivity contribution in [3.8, 4) is 0 Å². The minimum Gasteiger partial charge on any atom is -0.305 e. The molecule has 2 aromatic carbocycles. The van der Waals surface area contributed by atoms with Crippen LogP contribution in [-0.2, 0) is 6.54 Å². The van der Waals surface area contributed by atoms with E-state index < -0.39 is 11.6 Å². The van der Waals surface area contributed by atoms with Crippen LogP contribution in [0.4, 0.5) is 8.78 Å².